The molecule has 2 N–H and O–H groups in total. The van der Waals surface area contributed by atoms with Crippen molar-refractivity contribution in [3.05, 3.63) is 48.6 Å². The third-order valence-corrected chi connectivity index (χ3v) is 8.51. The Balaban J connectivity index is 4.43. The number of rotatable bonds is 31. The maximum atomic E-state index is 12.7. The number of quaternary nitrogens is 1. The van der Waals surface area contributed by atoms with E-state index in [0.717, 1.165) is 70.6 Å². The van der Waals surface area contributed by atoms with Crippen LogP contribution >= 0.6 is 7.82 Å². The van der Waals surface area contributed by atoms with Gasteiger partial charge < -0.3 is 28.8 Å². The number of carbonyl (C=O) groups is 1. The maximum Gasteiger partial charge on any atom is 0.268 e. The number of nitrogens with one attached hydrogen (secondary N) is 1. The zero-order chi connectivity index (χ0) is 34.4. The van der Waals surface area contributed by atoms with Gasteiger partial charge in [0, 0.05) is 6.42 Å². The Labute approximate surface area is 282 Å². The minimum absolute atomic E-state index is 0.00567. The molecule has 46 heavy (non-hydrogen) atoms. The summed E-state index contributed by atoms with van der Waals surface area (Å²) in [6.07, 6.45) is 34.5. The summed E-state index contributed by atoms with van der Waals surface area (Å²) in [5, 5.41) is 13.6. The summed E-state index contributed by atoms with van der Waals surface area (Å²) in [5.41, 5.74) is 0. The van der Waals surface area contributed by atoms with E-state index < -0.39 is 20.0 Å². The maximum absolute atomic E-state index is 12.7. The van der Waals surface area contributed by atoms with E-state index in [2.05, 4.69) is 55.6 Å². The molecule has 0 saturated heterocycles. The van der Waals surface area contributed by atoms with Crippen molar-refractivity contribution in [3.63, 3.8) is 0 Å². The number of unbranched alkanes of at least 4 members (excludes halogenated alkanes) is 12. The van der Waals surface area contributed by atoms with Crippen LogP contribution in [0.3, 0.4) is 0 Å². The van der Waals surface area contributed by atoms with Crippen molar-refractivity contribution in [2.45, 2.75) is 142 Å². The lowest BCUT2D eigenvalue weighted by molar-refractivity contribution is -0.870. The van der Waals surface area contributed by atoms with E-state index in [1.54, 1.807) is 6.08 Å². The third-order valence-electron chi connectivity index (χ3n) is 7.54. The van der Waals surface area contributed by atoms with Crippen LogP contribution in [-0.2, 0) is 18.4 Å². The number of hydrogen-bond acceptors (Lipinski definition) is 6. The van der Waals surface area contributed by atoms with Crippen molar-refractivity contribution in [2.75, 3.05) is 40.9 Å². The number of phosphoric acid groups is 1. The van der Waals surface area contributed by atoms with Crippen LogP contribution in [0.25, 0.3) is 0 Å². The molecule has 1 amide bonds. The van der Waals surface area contributed by atoms with Crippen LogP contribution in [0.2, 0.25) is 0 Å². The molecule has 8 nitrogen and oxygen atoms in total. The number of allylic oxidation sites excluding steroid dienone is 7. The van der Waals surface area contributed by atoms with Crippen LogP contribution in [-0.4, -0.2) is 68.5 Å². The fourth-order valence-electron chi connectivity index (χ4n) is 4.63. The Morgan fingerprint density at radius 2 is 1.33 bits per heavy atom. The number of nitrogens with zero attached hydrogens (tertiary/aromatic N) is 1. The van der Waals surface area contributed by atoms with Gasteiger partial charge in [-0.2, -0.15) is 0 Å². The zero-order valence-electron chi connectivity index (χ0n) is 30.0. The zero-order valence-corrected chi connectivity index (χ0v) is 30.9. The van der Waals surface area contributed by atoms with Crippen LogP contribution in [0.4, 0.5) is 0 Å². The first kappa shape index (κ1) is 44.5. The van der Waals surface area contributed by atoms with Gasteiger partial charge in [0.25, 0.3) is 7.82 Å². The molecule has 0 saturated carbocycles. The molecule has 0 aromatic carbocycles. The largest absolute Gasteiger partial charge is 0.756 e. The van der Waals surface area contributed by atoms with Crippen molar-refractivity contribution in [1.29, 1.82) is 0 Å². The minimum Gasteiger partial charge on any atom is -0.756 e. The SMILES string of the molecule is CC/C=C\C/C=C\C/C=C\CCCCCCCCCC(=O)NC(COP(=O)([O-])OCC[N+](C)(C)C)C(O)/C=C/CCCCCCC. The molecule has 0 aromatic rings. The smallest absolute Gasteiger partial charge is 0.268 e. The van der Waals surface area contributed by atoms with Crippen molar-refractivity contribution in [1.82, 2.24) is 5.32 Å². The van der Waals surface area contributed by atoms with E-state index in [-0.39, 0.29) is 19.1 Å². The van der Waals surface area contributed by atoms with Gasteiger partial charge in [-0.15, -0.1) is 0 Å². The molecule has 0 heterocycles. The van der Waals surface area contributed by atoms with Gasteiger partial charge in [0.05, 0.1) is 39.9 Å². The number of aliphatic hydroxyl groups is 1. The third kappa shape index (κ3) is 31.1. The van der Waals surface area contributed by atoms with Crippen molar-refractivity contribution >= 4 is 13.7 Å². The van der Waals surface area contributed by atoms with Gasteiger partial charge in [-0.1, -0.05) is 120 Å². The van der Waals surface area contributed by atoms with Crippen LogP contribution in [0.5, 0.6) is 0 Å². The number of likely N-dealkylation sites (N-methyl/N-ethyl adjacent to an activating group) is 1. The number of amides is 1. The summed E-state index contributed by atoms with van der Waals surface area (Å²) < 4.78 is 23.0. The average molecular weight is 669 g/mol. The Morgan fingerprint density at radius 1 is 0.783 bits per heavy atom. The fraction of sp³-hybridized carbons (Fsp3) is 0.757. The standard InChI is InChI=1S/C37H69N2O6P/c1-6-8-10-12-14-15-16-17-18-19-20-21-22-23-25-27-29-31-37(41)38-35(36(40)30-28-26-24-13-11-9-7-2)34-45-46(42,43)44-33-32-39(3,4)5/h8,10,14-15,17-18,28,30,35-36,40H,6-7,9,11-13,16,19-27,29,31-34H2,1-5H3,(H-,38,41,42,43)/b10-8-,15-14-,18-17-,30-28+. The predicted octanol–water partition coefficient (Wildman–Crippen LogP) is 8.33. The minimum atomic E-state index is -4.57. The highest BCUT2D eigenvalue weighted by Gasteiger charge is 2.23. The fourth-order valence-corrected chi connectivity index (χ4v) is 5.36. The highest BCUT2D eigenvalue weighted by Crippen LogP contribution is 2.38. The van der Waals surface area contributed by atoms with E-state index in [1.165, 1.54) is 38.5 Å². The van der Waals surface area contributed by atoms with E-state index in [4.69, 9.17) is 9.05 Å². The van der Waals surface area contributed by atoms with E-state index in [9.17, 15) is 19.4 Å². The molecular formula is C37H69N2O6P. The molecule has 0 aliphatic carbocycles. The molecule has 0 aromatic heterocycles. The molecule has 0 rings (SSSR count). The average Bonchev–Trinajstić information content (AvgIpc) is 2.99. The summed E-state index contributed by atoms with van der Waals surface area (Å²) in [5.74, 6) is -0.216. The number of aliphatic hydroxyl groups excluding tert-OH is 1. The van der Waals surface area contributed by atoms with Gasteiger partial charge in [0.15, 0.2) is 0 Å². The van der Waals surface area contributed by atoms with Crippen molar-refractivity contribution in [3.8, 4) is 0 Å². The summed E-state index contributed by atoms with van der Waals surface area (Å²) in [4.78, 5) is 25.0. The molecule has 3 unspecified atom stereocenters. The molecule has 0 spiro atoms. The summed E-state index contributed by atoms with van der Waals surface area (Å²) >= 11 is 0. The second kappa shape index (κ2) is 29.6. The number of hydrogen-bond donors (Lipinski definition) is 2. The van der Waals surface area contributed by atoms with Crippen molar-refractivity contribution in [2.24, 2.45) is 0 Å². The second-order valence-corrected chi connectivity index (χ2v) is 14.6. The molecule has 0 aliphatic heterocycles. The Hall–Kier alpha value is -1.54. The summed E-state index contributed by atoms with van der Waals surface area (Å²) in [7, 11) is 1.24. The number of phosphoric ester groups is 1. The van der Waals surface area contributed by atoms with Gasteiger partial charge >= 0.3 is 0 Å². The monoisotopic (exact) mass is 668 g/mol. The van der Waals surface area contributed by atoms with Crippen molar-refractivity contribution < 1.29 is 32.9 Å². The first-order chi connectivity index (χ1) is 22.0. The Bertz CT molecular complexity index is 897. The first-order valence-electron chi connectivity index (χ1n) is 18.0. The predicted molar refractivity (Wildman–Crippen MR) is 191 cm³/mol. The molecular weight excluding hydrogens is 599 g/mol. The van der Waals surface area contributed by atoms with Gasteiger partial charge in [0.2, 0.25) is 5.91 Å². The number of carbonyl (C=O) groups excluding carboxylic acids is 1. The molecule has 3 atom stereocenters. The summed E-state index contributed by atoms with van der Waals surface area (Å²) in [6.45, 7) is 4.43. The molecule has 9 heteroatoms. The molecule has 268 valence electrons. The Kier molecular flexibility index (Phi) is 28.6. The highest BCUT2D eigenvalue weighted by molar-refractivity contribution is 7.45. The summed E-state index contributed by atoms with van der Waals surface area (Å²) in [6, 6.07) is -0.888. The molecule has 0 fully saturated rings. The quantitative estimate of drug-likeness (QED) is 0.0333. The molecule has 0 aliphatic rings. The van der Waals surface area contributed by atoms with E-state index >= 15 is 0 Å². The lowest BCUT2D eigenvalue weighted by atomic mass is 10.1. The van der Waals surface area contributed by atoms with Crippen LogP contribution in [0, 0.1) is 0 Å². The van der Waals surface area contributed by atoms with Gasteiger partial charge in [-0.3, -0.25) is 9.36 Å². The second-order valence-electron chi connectivity index (χ2n) is 13.2. The molecule has 0 radical (unpaired) electrons. The lowest BCUT2D eigenvalue weighted by Crippen LogP contribution is -2.45. The van der Waals surface area contributed by atoms with Crippen LogP contribution in [0.15, 0.2) is 48.6 Å². The van der Waals surface area contributed by atoms with Crippen LogP contribution in [0.1, 0.15) is 129 Å². The van der Waals surface area contributed by atoms with E-state index in [1.807, 2.05) is 27.2 Å². The normalized spacial score (nSPS) is 15.4. The molecule has 0 bridgehead atoms. The highest BCUT2D eigenvalue weighted by atomic mass is 31.2. The topological polar surface area (TPSA) is 108 Å². The van der Waals surface area contributed by atoms with Gasteiger partial charge in [0.1, 0.15) is 13.2 Å². The Morgan fingerprint density at radius 3 is 1.93 bits per heavy atom. The van der Waals surface area contributed by atoms with Gasteiger partial charge in [-0.25, -0.2) is 0 Å². The first-order valence-corrected chi connectivity index (χ1v) is 19.5. The lowest BCUT2D eigenvalue weighted by Gasteiger charge is -2.29. The van der Waals surface area contributed by atoms with Gasteiger partial charge in [-0.05, 0) is 51.4 Å². The van der Waals surface area contributed by atoms with E-state index in [0.29, 0.717) is 17.4 Å². The van der Waals surface area contributed by atoms with Crippen LogP contribution < -0.4 is 10.2 Å².